The third-order valence-electron chi connectivity index (χ3n) is 2.68. The van der Waals surface area contributed by atoms with Crippen molar-refractivity contribution in [3.63, 3.8) is 0 Å². The van der Waals surface area contributed by atoms with E-state index in [-0.39, 0.29) is 18.4 Å². The van der Waals surface area contributed by atoms with Crippen LogP contribution in [0.1, 0.15) is 25.0 Å². The normalized spacial score (nSPS) is 24.7. The lowest BCUT2D eigenvalue weighted by Gasteiger charge is -2.17. The first kappa shape index (κ1) is 12.2. The standard InChI is InChI=1S/C10H16N4.ClH/c1-7-5-13-10(6-12-7)14-9-4-2-3-8(9)11;/h5-6,8-9H,2-4,11H2,1H3,(H,13,14);1H/t8-,9-;/m0./s1. The summed E-state index contributed by atoms with van der Waals surface area (Å²) < 4.78 is 0. The molecule has 0 spiro atoms. The van der Waals surface area contributed by atoms with Gasteiger partial charge in [0.05, 0.1) is 18.1 Å². The average Bonchev–Trinajstić information content (AvgIpc) is 2.56. The highest BCUT2D eigenvalue weighted by Crippen LogP contribution is 2.20. The van der Waals surface area contributed by atoms with Crippen LogP contribution in [0.4, 0.5) is 5.82 Å². The lowest BCUT2D eigenvalue weighted by atomic mass is 10.2. The van der Waals surface area contributed by atoms with Crippen LogP contribution in [0, 0.1) is 6.92 Å². The fourth-order valence-corrected chi connectivity index (χ4v) is 1.83. The maximum atomic E-state index is 5.95. The van der Waals surface area contributed by atoms with Gasteiger partial charge in [-0.05, 0) is 26.2 Å². The second kappa shape index (κ2) is 5.28. The van der Waals surface area contributed by atoms with Gasteiger partial charge in [-0.1, -0.05) is 0 Å². The number of nitrogens with one attached hydrogen (secondary N) is 1. The van der Waals surface area contributed by atoms with E-state index in [1.54, 1.807) is 12.4 Å². The van der Waals surface area contributed by atoms with Crippen molar-refractivity contribution < 1.29 is 0 Å². The Bertz CT molecular complexity index is 301. The monoisotopic (exact) mass is 228 g/mol. The van der Waals surface area contributed by atoms with Gasteiger partial charge in [-0.15, -0.1) is 12.4 Å². The van der Waals surface area contributed by atoms with E-state index < -0.39 is 0 Å². The smallest absolute Gasteiger partial charge is 0.144 e. The molecule has 1 aromatic rings. The number of aryl methyl sites for hydroxylation is 1. The lowest BCUT2D eigenvalue weighted by Crippen LogP contribution is -2.35. The highest BCUT2D eigenvalue weighted by molar-refractivity contribution is 5.85. The van der Waals surface area contributed by atoms with Crippen molar-refractivity contribution in [2.75, 3.05) is 5.32 Å². The van der Waals surface area contributed by atoms with Gasteiger partial charge in [0.15, 0.2) is 0 Å². The molecule has 0 aliphatic heterocycles. The molecule has 0 unspecified atom stereocenters. The van der Waals surface area contributed by atoms with Gasteiger partial charge in [-0.2, -0.15) is 0 Å². The molecule has 1 heterocycles. The van der Waals surface area contributed by atoms with Crippen LogP contribution in [0.15, 0.2) is 12.4 Å². The highest BCUT2D eigenvalue weighted by atomic mass is 35.5. The zero-order valence-corrected chi connectivity index (χ0v) is 9.63. The van der Waals surface area contributed by atoms with Crippen LogP contribution in [-0.4, -0.2) is 22.1 Å². The predicted octanol–water partition coefficient (Wildman–Crippen LogP) is 1.50. The van der Waals surface area contributed by atoms with Gasteiger partial charge in [0, 0.05) is 12.1 Å². The van der Waals surface area contributed by atoms with Gasteiger partial charge >= 0.3 is 0 Å². The van der Waals surface area contributed by atoms with Gasteiger partial charge in [0.1, 0.15) is 5.82 Å². The summed E-state index contributed by atoms with van der Waals surface area (Å²) in [5.74, 6) is 0.831. The SMILES string of the molecule is Cc1cnc(N[C@H]2CCC[C@@H]2N)cn1.Cl. The van der Waals surface area contributed by atoms with Crippen molar-refractivity contribution in [2.45, 2.75) is 38.3 Å². The predicted molar refractivity (Wildman–Crippen MR) is 63.3 cm³/mol. The molecule has 0 radical (unpaired) electrons. The van der Waals surface area contributed by atoms with Gasteiger partial charge in [-0.25, -0.2) is 4.98 Å². The van der Waals surface area contributed by atoms with E-state index in [0.29, 0.717) is 6.04 Å². The molecule has 1 aliphatic rings. The maximum absolute atomic E-state index is 5.95. The minimum absolute atomic E-state index is 0. The van der Waals surface area contributed by atoms with Crippen LogP contribution < -0.4 is 11.1 Å². The Labute approximate surface area is 96.1 Å². The summed E-state index contributed by atoms with van der Waals surface area (Å²) in [6.45, 7) is 1.93. The zero-order chi connectivity index (χ0) is 9.97. The first-order valence-corrected chi connectivity index (χ1v) is 5.06. The molecule has 0 aromatic carbocycles. The van der Waals surface area contributed by atoms with Crippen LogP contribution in [0.3, 0.4) is 0 Å². The molecule has 1 aromatic heterocycles. The molecule has 15 heavy (non-hydrogen) atoms. The Morgan fingerprint density at radius 1 is 1.33 bits per heavy atom. The molecule has 1 saturated carbocycles. The number of hydrogen-bond donors (Lipinski definition) is 2. The number of nitrogens with two attached hydrogens (primary N) is 1. The molecule has 0 saturated heterocycles. The molecule has 2 rings (SSSR count). The summed E-state index contributed by atoms with van der Waals surface area (Å²) in [7, 11) is 0. The van der Waals surface area contributed by atoms with Gasteiger partial charge < -0.3 is 11.1 Å². The fourth-order valence-electron chi connectivity index (χ4n) is 1.83. The minimum atomic E-state index is 0. The summed E-state index contributed by atoms with van der Waals surface area (Å²) >= 11 is 0. The summed E-state index contributed by atoms with van der Waals surface area (Å²) in [4.78, 5) is 8.43. The van der Waals surface area contributed by atoms with Crippen molar-refractivity contribution in [1.29, 1.82) is 0 Å². The molecule has 5 heteroatoms. The molecule has 0 amide bonds. The number of rotatable bonds is 2. The molecule has 1 aliphatic carbocycles. The first-order chi connectivity index (χ1) is 6.75. The van der Waals surface area contributed by atoms with E-state index in [0.717, 1.165) is 24.4 Å². The van der Waals surface area contributed by atoms with E-state index >= 15 is 0 Å². The van der Waals surface area contributed by atoms with E-state index in [9.17, 15) is 0 Å². The molecule has 3 N–H and O–H groups in total. The topological polar surface area (TPSA) is 63.8 Å². The van der Waals surface area contributed by atoms with Crippen LogP contribution in [0.5, 0.6) is 0 Å². The minimum Gasteiger partial charge on any atom is -0.365 e. The second-order valence-corrected chi connectivity index (χ2v) is 3.89. The Hall–Kier alpha value is -0.870. The van der Waals surface area contributed by atoms with Crippen molar-refractivity contribution in [1.82, 2.24) is 9.97 Å². The maximum Gasteiger partial charge on any atom is 0.144 e. The Morgan fingerprint density at radius 3 is 2.67 bits per heavy atom. The van der Waals surface area contributed by atoms with Crippen LogP contribution >= 0.6 is 12.4 Å². The summed E-state index contributed by atoms with van der Waals surface area (Å²) in [6, 6.07) is 0.630. The third-order valence-corrected chi connectivity index (χ3v) is 2.68. The van der Waals surface area contributed by atoms with Gasteiger partial charge in [0.25, 0.3) is 0 Å². The fraction of sp³-hybridized carbons (Fsp3) is 0.600. The van der Waals surface area contributed by atoms with Crippen molar-refractivity contribution in [3.05, 3.63) is 18.1 Å². The molecule has 0 bridgehead atoms. The molecular formula is C10H17ClN4. The molecule has 2 atom stereocenters. The van der Waals surface area contributed by atoms with E-state index in [4.69, 9.17) is 5.73 Å². The summed E-state index contributed by atoms with van der Waals surface area (Å²) in [6.07, 6.45) is 6.98. The average molecular weight is 229 g/mol. The Balaban J connectivity index is 0.00000112. The number of aromatic nitrogens is 2. The zero-order valence-electron chi connectivity index (χ0n) is 8.81. The number of halogens is 1. The van der Waals surface area contributed by atoms with Crippen LogP contribution in [-0.2, 0) is 0 Å². The number of hydrogen-bond acceptors (Lipinski definition) is 4. The Morgan fingerprint density at radius 2 is 2.13 bits per heavy atom. The van der Waals surface area contributed by atoms with Crippen molar-refractivity contribution in [3.8, 4) is 0 Å². The van der Waals surface area contributed by atoms with Gasteiger partial charge in [-0.3, -0.25) is 4.98 Å². The third kappa shape index (κ3) is 3.04. The summed E-state index contributed by atoms with van der Waals surface area (Å²) in [5.41, 5.74) is 6.88. The molecule has 84 valence electrons. The summed E-state index contributed by atoms with van der Waals surface area (Å²) in [5, 5.41) is 3.32. The second-order valence-electron chi connectivity index (χ2n) is 3.89. The quantitative estimate of drug-likeness (QED) is 0.805. The molecular weight excluding hydrogens is 212 g/mol. The lowest BCUT2D eigenvalue weighted by molar-refractivity contribution is 0.635. The molecule has 1 fully saturated rings. The van der Waals surface area contributed by atoms with E-state index in [1.165, 1.54) is 6.42 Å². The Kier molecular flexibility index (Phi) is 4.29. The largest absolute Gasteiger partial charge is 0.365 e. The van der Waals surface area contributed by atoms with Crippen molar-refractivity contribution >= 4 is 18.2 Å². The number of nitrogens with zero attached hydrogens (tertiary/aromatic N) is 2. The van der Waals surface area contributed by atoms with E-state index in [2.05, 4.69) is 15.3 Å². The van der Waals surface area contributed by atoms with E-state index in [1.807, 2.05) is 6.92 Å². The van der Waals surface area contributed by atoms with Crippen LogP contribution in [0.25, 0.3) is 0 Å². The highest BCUT2D eigenvalue weighted by Gasteiger charge is 2.23. The first-order valence-electron chi connectivity index (χ1n) is 5.06. The van der Waals surface area contributed by atoms with Crippen molar-refractivity contribution in [2.24, 2.45) is 5.73 Å². The van der Waals surface area contributed by atoms with Crippen LogP contribution in [0.2, 0.25) is 0 Å². The van der Waals surface area contributed by atoms with Gasteiger partial charge in [0.2, 0.25) is 0 Å². The molecule has 4 nitrogen and oxygen atoms in total. The number of anilines is 1.